The Morgan fingerprint density at radius 1 is 1.17 bits per heavy atom. The maximum atomic E-state index is 13.1. The summed E-state index contributed by atoms with van der Waals surface area (Å²) in [6.45, 7) is 0.734. The largest absolute Gasteiger partial charge is 0.334 e. The van der Waals surface area contributed by atoms with Gasteiger partial charge < -0.3 is 10.2 Å². The summed E-state index contributed by atoms with van der Waals surface area (Å²) >= 11 is 6.04. The molecule has 3 aromatic rings. The minimum atomic E-state index is -0.389. The van der Waals surface area contributed by atoms with Crippen molar-refractivity contribution in [2.45, 2.75) is 31.7 Å². The molecule has 4 rings (SSSR count). The minimum Gasteiger partial charge on any atom is -0.334 e. The Balaban J connectivity index is 1.43. The number of amides is 1. The third-order valence-corrected chi connectivity index (χ3v) is 5.42. The predicted octanol–water partition coefficient (Wildman–Crippen LogP) is 5.31. The van der Waals surface area contributed by atoms with Crippen LogP contribution in [0.25, 0.3) is 0 Å². The molecule has 0 radical (unpaired) electrons. The molecule has 154 valence electrons. The number of hydrogen-bond donors (Lipinski definition) is 1. The zero-order valence-corrected chi connectivity index (χ0v) is 17.1. The highest BCUT2D eigenvalue weighted by atomic mass is 35.5. The first kappa shape index (κ1) is 20.3. The highest BCUT2D eigenvalue weighted by molar-refractivity contribution is 6.30. The lowest BCUT2D eigenvalue weighted by Crippen LogP contribution is -2.31. The zero-order valence-electron chi connectivity index (χ0n) is 16.4. The number of anilines is 2. The summed E-state index contributed by atoms with van der Waals surface area (Å²) in [5, 5.41) is 3.77. The Labute approximate surface area is 179 Å². The number of halogens is 2. The molecule has 0 unspecified atom stereocenters. The third kappa shape index (κ3) is 4.94. The van der Waals surface area contributed by atoms with Crippen molar-refractivity contribution in [2.75, 3.05) is 11.9 Å². The first-order valence-corrected chi connectivity index (χ1v) is 10.4. The molecule has 0 bridgehead atoms. The van der Waals surface area contributed by atoms with E-state index in [9.17, 15) is 9.18 Å². The fraction of sp³-hybridized carbons (Fsp3) is 0.261. The van der Waals surface area contributed by atoms with E-state index in [0.29, 0.717) is 29.5 Å². The number of rotatable bonds is 6. The highest BCUT2D eigenvalue weighted by Gasteiger charge is 2.30. The van der Waals surface area contributed by atoms with E-state index in [-0.39, 0.29) is 17.8 Å². The molecule has 1 saturated heterocycles. The molecule has 0 aliphatic carbocycles. The van der Waals surface area contributed by atoms with Gasteiger partial charge in [0.2, 0.25) is 5.91 Å². The van der Waals surface area contributed by atoms with E-state index in [0.717, 1.165) is 36.8 Å². The summed E-state index contributed by atoms with van der Waals surface area (Å²) in [4.78, 5) is 23.5. The van der Waals surface area contributed by atoms with Gasteiger partial charge in [-0.1, -0.05) is 29.8 Å². The number of carbonyl (C=O) groups is 1. The summed E-state index contributed by atoms with van der Waals surface area (Å²) in [5.74, 6) is 0.866. The fourth-order valence-electron chi connectivity index (χ4n) is 3.75. The molecule has 1 aromatic carbocycles. The van der Waals surface area contributed by atoms with Crippen LogP contribution in [0, 0.1) is 5.82 Å². The van der Waals surface area contributed by atoms with E-state index in [1.807, 2.05) is 47.4 Å². The lowest BCUT2D eigenvalue weighted by molar-refractivity contribution is -0.132. The van der Waals surface area contributed by atoms with E-state index in [1.54, 1.807) is 6.07 Å². The van der Waals surface area contributed by atoms with Crippen molar-refractivity contribution in [1.82, 2.24) is 14.9 Å². The molecule has 1 aliphatic heterocycles. The number of nitrogens with zero attached hydrogens (tertiary/aromatic N) is 3. The average molecular weight is 425 g/mol. The van der Waals surface area contributed by atoms with Gasteiger partial charge in [0, 0.05) is 18.0 Å². The SMILES string of the molecule is O=C(CCc1cccc(Cl)c1)N1CCC[C@H]1c1cccc(Nc2ccc(F)cn2)n1. The Morgan fingerprint density at radius 3 is 2.83 bits per heavy atom. The van der Waals surface area contributed by atoms with E-state index in [2.05, 4.69) is 15.3 Å². The van der Waals surface area contributed by atoms with Gasteiger partial charge in [-0.2, -0.15) is 0 Å². The number of likely N-dealkylation sites (tertiary alicyclic amines) is 1. The monoisotopic (exact) mass is 424 g/mol. The Bertz CT molecular complexity index is 1030. The molecule has 30 heavy (non-hydrogen) atoms. The van der Waals surface area contributed by atoms with E-state index in [4.69, 9.17) is 11.6 Å². The molecule has 0 saturated carbocycles. The molecule has 5 nitrogen and oxygen atoms in total. The van der Waals surface area contributed by atoms with Crippen LogP contribution >= 0.6 is 11.6 Å². The van der Waals surface area contributed by atoms with Gasteiger partial charge in [0.25, 0.3) is 0 Å². The maximum absolute atomic E-state index is 13.1. The summed E-state index contributed by atoms with van der Waals surface area (Å²) in [6, 6.07) is 16.2. The second-order valence-corrected chi connectivity index (χ2v) is 7.75. The van der Waals surface area contributed by atoms with Gasteiger partial charge in [0.1, 0.15) is 17.5 Å². The number of nitrogens with one attached hydrogen (secondary N) is 1. The van der Waals surface area contributed by atoms with Crippen LogP contribution in [0.4, 0.5) is 16.0 Å². The van der Waals surface area contributed by atoms with Crippen molar-refractivity contribution >= 4 is 29.1 Å². The normalized spacial score (nSPS) is 15.9. The van der Waals surface area contributed by atoms with Crippen LogP contribution in [0.1, 0.15) is 36.6 Å². The van der Waals surface area contributed by atoms with E-state index >= 15 is 0 Å². The van der Waals surface area contributed by atoms with Crippen molar-refractivity contribution < 1.29 is 9.18 Å². The lowest BCUT2D eigenvalue weighted by atomic mass is 10.1. The molecule has 1 aliphatic rings. The molecular weight excluding hydrogens is 403 g/mol. The predicted molar refractivity (Wildman–Crippen MR) is 115 cm³/mol. The first-order valence-electron chi connectivity index (χ1n) is 9.98. The van der Waals surface area contributed by atoms with Crippen molar-refractivity contribution in [3.8, 4) is 0 Å². The average Bonchev–Trinajstić information content (AvgIpc) is 3.24. The molecule has 2 aromatic heterocycles. The van der Waals surface area contributed by atoms with Gasteiger partial charge in [0.15, 0.2) is 0 Å². The molecular formula is C23H22ClFN4O. The molecule has 1 N–H and O–H groups in total. The van der Waals surface area contributed by atoms with Crippen LogP contribution in [-0.2, 0) is 11.2 Å². The number of hydrogen-bond acceptors (Lipinski definition) is 4. The molecule has 1 fully saturated rings. The fourth-order valence-corrected chi connectivity index (χ4v) is 3.96. The summed E-state index contributed by atoms with van der Waals surface area (Å²) in [6.07, 6.45) is 4.09. The number of aromatic nitrogens is 2. The van der Waals surface area contributed by atoms with Crippen molar-refractivity contribution in [1.29, 1.82) is 0 Å². The topological polar surface area (TPSA) is 58.1 Å². The van der Waals surface area contributed by atoms with Gasteiger partial charge >= 0.3 is 0 Å². The van der Waals surface area contributed by atoms with Crippen LogP contribution in [0.3, 0.4) is 0 Å². The molecule has 3 heterocycles. The van der Waals surface area contributed by atoms with E-state index in [1.165, 1.54) is 6.07 Å². The lowest BCUT2D eigenvalue weighted by Gasteiger charge is -2.25. The molecule has 1 atom stereocenters. The molecule has 1 amide bonds. The smallest absolute Gasteiger partial charge is 0.223 e. The van der Waals surface area contributed by atoms with Gasteiger partial charge in [-0.05, 0) is 61.2 Å². The summed E-state index contributed by atoms with van der Waals surface area (Å²) in [5.41, 5.74) is 1.90. The number of benzene rings is 1. The molecule has 0 spiro atoms. The number of pyridine rings is 2. The van der Waals surface area contributed by atoms with Crippen LogP contribution in [0.5, 0.6) is 0 Å². The maximum Gasteiger partial charge on any atom is 0.223 e. The van der Waals surface area contributed by atoms with Crippen molar-refractivity contribution in [3.63, 3.8) is 0 Å². The van der Waals surface area contributed by atoms with Gasteiger partial charge in [-0.15, -0.1) is 0 Å². The van der Waals surface area contributed by atoms with Crippen LogP contribution in [-0.4, -0.2) is 27.3 Å². The zero-order chi connectivity index (χ0) is 20.9. The van der Waals surface area contributed by atoms with Crippen LogP contribution in [0.2, 0.25) is 5.02 Å². The highest BCUT2D eigenvalue weighted by Crippen LogP contribution is 2.32. The first-order chi connectivity index (χ1) is 14.6. The summed E-state index contributed by atoms with van der Waals surface area (Å²) < 4.78 is 13.1. The van der Waals surface area contributed by atoms with Crippen LogP contribution in [0.15, 0.2) is 60.8 Å². The third-order valence-electron chi connectivity index (χ3n) is 5.19. The number of aryl methyl sites for hydroxylation is 1. The van der Waals surface area contributed by atoms with Crippen molar-refractivity contribution in [3.05, 3.63) is 82.9 Å². The van der Waals surface area contributed by atoms with Crippen LogP contribution < -0.4 is 5.32 Å². The van der Waals surface area contributed by atoms with E-state index < -0.39 is 0 Å². The minimum absolute atomic E-state index is 0.0419. The second-order valence-electron chi connectivity index (χ2n) is 7.31. The Hall–Kier alpha value is -2.99. The van der Waals surface area contributed by atoms with Gasteiger partial charge in [-0.3, -0.25) is 4.79 Å². The molecule has 7 heteroatoms. The quantitative estimate of drug-likeness (QED) is 0.582. The number of carbonyl (C=O) groups excluding carboxylic acids is 1. The Kier molecular flexibility index (Phi) is 6.23. The second kappa shape index (κ2) is 9.22. The summed E-state index contributed by atoms with van der Waals surface area (Å²) in [7, 11) is 0. The standard InChI is InChI=1S/C23H22ClFN4O/c24-17-5-1-4-16(14-17)9-12-23(30)29-13-3-7-20(29)19-6-2-8-22(27-19)28-21-11-10-18(25)15-26-21/h1-2,4-6,8,10-11,14-15,20H,3,7,9,12-13H2,(H,26,27,28)/t20-/m0/s1. The van der Waals surface area contributed by atoms with Crippen molar-refractivity contribution in [2.24, 2.45) is 0 Å². The van der Waals surface area contributed by atoms with Gasteiger partial charge in [0.05, 0.1) is 17.9 Å². The van der Waals surface area contributed by atoms with Gasteiger partial charge in [-0.25, -0.2) is 14.4 Å². The Morgan fingerprint density at radius 2 is 2.03 bits per heavy atom.